The minimum Gasteiger partial charge on any atom is -0.318 e. The summed E-state index contributed by atoms with van der Waals surface area (Å²) in [6.07, 6.45) is 0. The summed E-state index contributed by atoms with van der Waals surface area (Å²) in [6.45, 7) is 2.91. The van der Waals surface area contributed by atoms with E-state index in [0.29, 0.717) is 0 Å². The van der Waals surface area contributed by atoms with Crippen molar-refractivity contribution >= 4 is 0 Å². The summed E-state index contributed by atoms with van der Waals surface area (Å²) in [5, 5.41) is 0. The molecule has 1 unspecified atom stereocenters. The molecule has 1 atom stereocenters. The van der Waals surface area contributed by atoms with Gasteiger partial charge in [-0.15, -0.1) is 0 Å². The predicted molar refractivity (Wildman–Crippen MR) is 68.1 cm³/mol. The van der Waals surface area contributed by atoms with E-state index in [1.807, 2.05) is 0 Å². The van der Waals surface area contributed by atoms with Crippen molar-refractivity contribution < 1.29 is 13.2 Å². The van der Waals surface area contributed by atoms with Gasteiger partial charge in [-0.3, -0.25) is 0 Å². The van der Waals surface area contributed by atoms with E-state index in [1.165, 1.54) is 44.2 Å². The van der Waals surface area contributed by atoms with Crippen molar-refractivity contribution in [2.75, 3.05) is 0 Å². The summed E-state index contributed by atoms with van der Waals surface area (Å²) in [5.74, 6) is -2.54. The Kier molecular flexibility index (Phi) is 3.37. The first kappa shape index (κ1) is 13.6. The minimum absolute atomic E-state index is 0.0688. The van der Waals surface area contributed by atoms with E-state index in [1.54, 1.807) is 6.07 Å². The first-order valence-electron chi connectivity index (χ1n) is 5.84. The van der Waals surface area contributed by atoms with E-state index in [-0.39, 0.29) is 16.7 Å². The zero-order chi connectivity index (χ0) is 14.2. The molecule has 0 amide bonds. The van der Waals surface area contributed by atoms with Gasteiger partial charge in [0.15, 0.2) is 11.6 Å². The van der Waals surface area contributed by atoms with Crippen molar-refractivity contribution in [1.82, 2.24) is 0 Å². The number of rotatable bonds is 2. The van der Waals surface area contributed by atoms with Crippen LogP contribution in [0.4, 0.5) is 13.2 Å². The molecule has 0 heterocycles. The Morgan fingerprint density at radius 1 is 0.895 bits per heavy atom. The minimum atomic E-state index is -1.44. The molecular formula is C15H14F3N. The fourth-order valence-corrected chi connectivity index (χ4v) is 2.07. The zero-order valence-electron chi connectivity index (χ0n) is 10.7. The maximum absolute atomic E-state index is 14.0. The molecule has 0 aliphatic heterocycles. The average molecular weight is 265 g/mol. The summed E-state index contributed by atoms with van der Waals surface area (Å²) < 4.78 is 41.4. The summed E-state index contributed by atoms with van der Waals surface area (Å²) in [6, 6.07) is 8.64. The Hall–Kier alpha value is -1.81. The molecule has 2 N–H and O–H groups in total. The number of aryl methyl sites for hydroxylation is 1. The molecule has 19 heavy (non-hydrogen) atoms. The molecule has 0 aliphatic carbocycles. The lowest BCUT2D eigenvalue weighted by molar-refractivity contribution is 0.455. The van der Waals surface area contributed by atoms with Crippen molar-refractivity contribution in [3.63, 3.8) is 0 Å². The van der Waals surface area contributed by atoms with Gasteiger partial charge >= 0.3 is 0 Å². The van der Waals surface area contributed by atoms with E-state index in [9.17, 15) is 13.2 Å². The molecule has 0 spiro atoms. The van der Waals surface area contributed by atoms with Crippen LogP contribution in [0.5, 0.6) is 0 Å². The highest BCUT2D eigenvalue weighted by Crippen LogP contribution is 2.31. The van der Waals surface area contributed by atoms with E-state index in [4.69, 9.17) is 5.73 Å². The lowest BCUT2D eigenvalue weighted by Gasteiger charge is -2.27. The van der Waals surface area contributed by atoms with Crippen LogP contribution in [-0.4, -0.2) is 0 Å². The van der Waals surface area contributed by atoms with Crippen molar-refractivity contribution in [3.05, 3.63) is 70.5 Å². The first-order valence-corrected chi connectivity index (χ1v) is 5.84. The molecule has 0 saturated heterocycles. The number of halogens is 3. The topological polar surface area (TPSA) is 26.0 Å². The van der Waals surface area contributed by atoms with E-state index in [2.05, 4.69) is 0 Å². The second-order valence-corrected chi connectivity index (χ2v) is 4.74. The third-order valence-electron chi connectivity index (χ3n) is 3.27. The molecule has 0 radical (unpaired) electrons. The normalized spacial score (nSPS) is 14.2. The Morgan fingerprint density at radius 3 is 2.16 bits per heavy atom. The monoisotopic (exact) mass is 265 g/mol. The van der Waals surface area contributed by atoms with Gasteiger partial charge in [0.05, 0.1) is 5.54 Å². The fourth-order valence-electron chi connectivity index (χ4n) is 2.07. The van der Waals surface area contributed by atoms with Gasteiger partial charge in [0.1, 0.15) is 5.82 Å². The molecule has 2 rings (SSSR count). The van der Waals surface area contributed by atoms with Crippen LogP contribution in [0.3, 0.4) is 0 Å². The number of nitrogens with two attached hydrogens (primary N) is 1. The molecule has 0 aromatic heterocycles. The van der Waals surface area contributed by atoms with Gasteiger partial charge in [0, 0.05) is 11.1 Å². The van der Waals surface area contributed by atoms with Gasteiger partial charge in [-0.05, 0) is 25.5 Å². The first-order chi connectivity index (χ1) is 8.85. The summed E-state index contributed by atoms with van der Waals surface area (Å²) in [4.78, 5) is 0. The van der Waals surface area contributed by atoms with Crippen LogP contribution in [0.15, 0.2) is 36.4 Å². The van der Waals surface area contributed by atoms with Gasteiger partial charge in [-0.1, -0.05) is 30.3 Å². The average Bonchev–Trinajstić information content (AvgIpc) is 2.36. The highest BCUT2D eigenvalue weighted by Gasteiger charge is 2.31. The van der Waals surface area contributed by atoms with Crippen LogP contribution in [0.25, 0.3) is 0 Å². The maximum atomic E-state index is 14.0. The second-order valence-electron chi connectivity index (χ2n) is 4.74. The molecule has 0 aliphatic rings. The maximum Gasteiger partial charge on any atom is 0.164 e. The Balaban J connectivity index is 2.64. The molecule has 2 aromatic carbocycles. The molecule has 4 heteroatoms. The lowest BCUT2D eigenvalue weighted by atomic mass is 9.84. The van der Waals surface area contributed by atoms with Crippen LogP contribution >= 0.6 is 0 Å². The fraction of sp³-hybridized carbons (Fsp3) is 0.200. The van der Waals surface area contributed by atoms with E-state index in [0.717, 1.165) is 0 Å². The van der Waals surface area contributed by atoms with E-state index < -0.39 is 23.0 Å². The number of hydrogen-bond donors (Lipinski definition) is 1. The van der Waals surface area contributed by atoms with Gasteiger partial charge in [-0.25, -0.2) is 13.2 Å². The Bertz CT molecular complexity index is 621. The third-order valence-corrected chi connectivity index (χ3v) is 3.27. The van der Waals surface area contributed by atoms with Crippen LogP contribution < -0.4 is 5.73 Å². The number of hydrogen-bond acceptors (Lipinski definition) is 1. The standard InChI is InChI=1S/C15H14F3N/c1-9-7-8-11(14(18)13(9)17)15(2,19)10-5-3-4-6-12(10)16/h3-8H,19H2,1-2H3. The summed E-state index contributed by atoms with van der Waals surface area (Å²) in [5.41, 5.74) is 4.83. The smallest absolute Gasteiger partial charge is 0.164 e. The van der Waals surface area contributed by atoms with Gasteiger partial charge in [0.2, 0.25) is 0 Å². The largest absolute Gasteiger partial charge is 0.318 e. The van der Waals surface area contributed by atoms with Crippen molar-refractivity contribution in [1.29, 1.82) is 0 Å². The van der Waals surface area contributed by atoms with Crippen molar-refractivity contribution in [3.8, 4) is 0 Å². The van der Waals surface area contributed by atoms with Crippen molar-refractivity contribution in [2.24, 2.45) is 5.73 Å². The van der Waals surface area contributed by atoms with Crippen LogP contribution in [-0.2, 0) is 5.54 Å². The van der Waals surface area contributed by atoms with Crippen LogP contribution in [0, 0.1) is 24.4 Å². The lowest BCUT2D eigenvalue weighted by Crippen LogP contribution is -2.36. The summed E-state index contributed by atoms with van der Waals surface area (Å²) in [7, 11) is 0. The Labute approximate surface area is 109 Å². The molecule has 1 nitrogen and oxygen atoms in total. The number of benzene rings is 2. The third kappa shape index (κ3) is 2.24. The molecule has 0 fully saturated rings. The Morgan fingerprint density at radius 2 is 1.53 bits per heavy atom. The molecular weight excluding hydrogens is 251 g/mol. The van der Waals surface area contributed by atoms with E-state index >= 15 is 0 Å². The summed E-state index contributed by atoms with van der Waals surface area (Å²) >= 11 is 0. The van der Waals surface area contributed by atoms with Crippen LogP contribution in [0.1, 0.15) is 23.6 Å². The van der Waals surface area contributed by atoms with Gasteiger partial charge in [-0.2, -0.15) is 0 Å². The molecule has 100 valence electrons. The van der Waals surface area contributed by atoms with Gasteiger partial charge in [0.25, 0.3) is 0 Å². The highest BCUT2D eigenvalue weighted by atomic mass is 19.2. The molecule has 0 saturated carbocycles. The quantitative estimate of drug-likeness (QED) is 0.881. The zero-order valence-corrected chi connectivity index (χ0v) is 10.7. The second kappa shape index (κ2) is 4.70. The van der Waals surface area contributed by atoms with Crippen LogP contribution in [0.2, 0.25) is 0 Å². The predicted octanol–water partition coefficient (Wildman–Crippen LogP) is 3.63. The van der Waals surface area contributed by atoms with Crippen molar-refractivity contribution in [2.45, 2.75) is 19.4 Å². The molecule has 2 aromatic rings. The highest BCUT2D eigenvalue weighted by molar-refractivity contribution is 5.40. The SMILES string of the molecule is Cc1ccc(C(C)(N)c2ccccc2F)c(F)c1F. The van der Waals surface area contributed by atoms with Gasteiger partial charge < -0.3 is 5.73 Å². The molecule has 0 bridgehead atoms.